The van der Waals surface area contributed by atoms with Crippen LogP contribution in [0.4, 0.5) is 22.7 Å². The molecule has 2 aromatic carbocycles. The number of ether oxygens (including phenoxy) is 1. The van der Waals surface area contributed by atoms with Gasteiger partial charge in [0.1, 0.15) is 17.2 Å². The van der Waals surface area contributed by atoms with Crippen LogP contribution in [-0.2, 0) is 19.4 Å². The van der Waals surface area contributed by atoms with Gasteiger partial charge < -0.3 is 9.64 Å². The monoisotopic (exact) mass is 434 g/mol. The number of esters is 1. The molecule has 30 heavy (non-hydrogen) atoms. The highest BCUT2D eigenvalue weighted by molar-refractivity contribution is 7.90. The Morgan fingerprint density at radius 2 is 1.83 bits per heavy atom. The zero-order chi connectivity index (χ0) is 22.3. The number of carbonyl (C=O) groups excluding carboxylic acids is 1. The molecule has 0 aromatic heterocycles. The summed E-state index contributed by atoms with van der Waals surface area (Å²) in [6.45, 7) is 4.86. The van der Waals surface area contributed by atoms with E-state index in [4.69, 9.17) is 4.74 Å². The van der Waals surface area contributed by atoms with Crippen LogP contribution >= 0.6 is 0 Å². The molecule has 0 amide bonds. The Morgan fingerprint density at radius 1 is 1.17 bits per heavy atom. The van der Waals surface area contributed by atoms with Crippen molar-refractivity contribution in [3.05, 3.63) is 52.6 Å². The summed E-state index contributed by atoms with van der Waals surface area (Å²) in [6.07, 6.45) is 0.953. The fourth-order valence-electron chi connectivity index (χ4n) is 2.61. The number of non-ortho nitro benzene ring substituents is 1. The fraction of sp³-hybridized carbons (Fsp3) is 0.316. The number of azo groups is 1. The van der Waals surface area contributed by atoms with Gasteiger partial charge in [0.05, 0.1) is 17.2 Å². The predicted molar refractivity (Wildman–Crippen MR) is 111 cm³/mol. The van der Waals surface area contributed by atoms with Gasteiger partial charge in [-0.1, -0.05) is 0 Å². The van der Waals surface area contributed by atoms with Crippen LogP contribution < -0.4 is 4.90 Å². The second-order valence-electron chi connectivity index (χ2n) is 6.32. The number of sulfone groups is 1. The van der Waals surface area contributed by atoms with E-state index in [2.05, 4.69) is 10.2 Å². The minimum absolute atomic E-state index is 0.0174. The van der Waals surface area contributed by atoms with Crippen molar-refractivity contribution in [3.8, 4) is 0 Å². The topological polar surface area (TPSA) is 132 Å². The molecule has 0 saturated carbocycles. The van der Waals surface area contributed by atoms with Crippen molar-refractivity contribution in [2.45, 2.75) is 18.7 Å². The molecule has 0 radical (unpaired) electrons. The van der Waals surface area contributed by atoms with Crippen LogP contribution in [0.2, 0.25) is 0 Å². The second kappa shape index (κ2) is 9.92. The summed E-state index contributed by atoms with van der Waals surface area (Å²) in [5.74, 6) is -0.332. The standard InChI is InChI=1S/C19H22N4O6S/c1-4-22(11-12-29-14(2)24)16-7-5-15(6-8-16)20-21-18-10-9-17(23(25)26)13-19(18)30(3,27)28/h5-10,13H,4,11-12H2,1-3H3. The number of carbonyl (C=O) groups is 1. The minimum Gasteiger partial charge on any atom is -0.464 e. The van der Waals surface area contributed by atoms with Crippen LogP contribution in [0.5, 0.6) is 0 Å². The van der Waals surface area contributed by atoms with Gasteiger partial charge in [0.15, 0.2) is 9.84 Å². The molecule has 0 saturated heterocycles. The molecule has 160 valence electrons. The predicted octanol–water partition coefficient (Wildman–Crippen LogP) is 3.80. The number of nitrogens with zero attached hydrogens (tertiary/aromatic N) is 4. The number of anilines is 1. The average Bonchev–Trinajstić information content (AvgIpc) is 2.69. The third-order valence-corrected chi connectivity index (χ3v) is 5.22. The lowest BCUT2D eigenvalue weighted by atomic mass is 10.2. The molecule has 0 aliphatic carbocycles. The molecule has 0 atom stereocenters. The molecule has 0 bridgehead atoms. The van der Waals surface area contributed by atoms with E-state index in [1.54, 1.807) is 12.1 Å². The van der Waals surface area contributed by atoms with Gasteiger partial charge in [-0.2, -0.15) is 5.11 Å². The Morgan fingerprint density at radius 3 is 2.37 bits per heavy atom. The third-order valence-electron chi connectivity index (χ3n) is 4.09. The van der Waals surface area contributed by atoms with E-state index >= 15 is 0 Å². The smallest absolute Gasteiger partial charge is 0.302 e. The van der Waals surface area contributed by atoms with Crippen molar-refractivity contribution in [2.75, 3.05) is 30.9 Å². The SMILES string of the molecule is CCN(CCOC(C)=O)c1ccc(N=Nc2ccc([N+](=O)[O-])cc2S(C)(=O)=O)cc1. The van der Waals surface area contributed by atoms with Crippen LogP contribution in [0.25, 0.3) is 0 Å². The summed E-state index contributed by atoms with van der Waals surface area (Å²) >= 11 is 0. The maximum atomic E-state index is 12.0. The quantitative estimate of drug-likeness (QED) is 0.254. The van der Waals surface area contributed by atoms with Crippen molar-refractivity contribution < 1.29 is 22.9 Å². The van der Waals surface area contributed by atoms with Crippen molar-refractivity contribution >= 4 is 38.6 Å². The maximum absolute atomic E-state index is 12.0. The van der Waals surface area contributed by atoms with Crippen LogP contribution in [0.15, 0.2) is 57.6 Å². The lowest BCUT2D eigenvalue weighted by Gasteiger charge is -2.22. The highest BCUT2D eigenvalue weighted by Crippen LogP contribution is 2.30. The van der Waals surface area contributed by atoms with Crippen molar-refractivity contribution in [2.24, 2.45) is 10.2 Å². The maximum Gasteiger partial charge on any atom is 0.302 e. The second-order valence-corrected chi connectivity index (χ2v) is 8.30. The Labute approximate surface area is 174 Å². The van der Waals surface area contributed by atoms with Crippen LogP contribution in [0, 0.1) is 10.1 Å². The molecule has 0 unspecified atom stereocenters. The van der Waals surface area contributed by atoms with Gasteiger partial charge in [0, 0.05) is 37.5 Å². The fourth-order valence-corrected chi connectivity index (χ4v) is 3.43. The van der Waals surface area contributed by atoms with E-state index in [1.165, 1.54) is 19.1 Å². The van der Waals surface area contributed by atoms with Crippen LogP contribution in [0.3, 0.4) is 0 Å². The molecule has 0 fully saturated rings. The zero-order valence-corrected chi connectivity index (χ0v) is 17.6. The van der Waals surface area contributed by atoms with Gasteiger partial charge in [-0.3, -0.25) is 14.9 Å². The van der Waals surface area contributed by atoms with E-state index < -0.39 is 14.8 Å². The van der Waals surface area contributed by atoms with E-state index in [0.29, 0.717) is 18.8 Å². The van der Waals surface area contributed by atoms with Crippen molar-refractivity contribution in [1.29, 1.82) is 0 Å². The zero-order valence-electron chi connectivity index (χ0n) is 16.8. The largest absolute Gasteiger partial charge is 0.464 e. The van der Waals surface area contributed by atoms with E-state index in [0.717, 1.165) is 18.0 Å². The molecule has 0 aliphatic rings. The number of hydrogen-bond acceptors (Lipinski definition) is 9. The summed E-state index contributed by atoms with van der Waals surface area (Å²) in [7, 11) is -3.73. The highest BCUT2D eigenvalue weighted by Gasteiger charge is 2.18. The Hall–Kier alpha value is -3.34. The summed E-state index contributed by atoms with van der Waals surface area (Å²) < 4.78 is 28.9. The Bertz CT molecular complexity index is 1050. The number of likely N-dealkylation sites (N-methyl/N-ethyl adjacent to an activating group) is 1. The molecule has 11 heteroatoms. The summed E-state index contributed by atoms with van der Waals surface area (Å²) in [6, 6.07) is 10.4. The van der Waals surface area contributed by atoms with Gasteiger partial charge in [-0.05, 0) is 37.3 Å². The van der Waals surface area contributed by atoms with Gasteiger partial charge in [0.2, 0.25) is 0 Å². The molecule has 2 rings (SSSR count). The number of nitro benzene ring substituents is 1. The molecular weight excluding hydrogens is 412 g/mol. The Balaban J connectivity index is 2.21. The van der Waals surface area contributed by atoms with Crippen LogP contribution in [-0.4, -0.2) is 45.3 Å². The van der Waals surface area contributed by atoms with Gasteiger partial charge >= 0.3 is 5.97 Å². The van der Waals surface area contributed by atoms with E-state index in [1.807, 2.05) is 24.0 Å². The third kappa shape index (κ3) is 6.34. The normalized spacial score (nSPS) is 11.4. The number of hydrogen-bond donors (Lipinski definition) is 0. The van der Waals surface area contributed by atoms with Gasteiger partial charge in [-0.25, -0.2) is 8.42 Å². The molecule has 0 N–H and O–H groups in total. The van der Waals surface area contributed by atoms with Crippen LogP contribution in [0.1, 0.15) is 13.8 Å². The minimum atomic E-state index is -3.73. The first-order valence-electron chi connectivity index (χ1n) is 9.00. The number of rotatable bonds is 9. The first-order chi connectivity index (χ1) is 14.1. The lowest BCUT2D eigenvalue weighted by molar-refractivity contribution is -0.385. The van der Waals surface area contributed by atoms with E-state index in [-0.39, 0.29) is 28.8 Å². The molecule has 10 nitrogen and oxygen atoms in total. The molecule has 0 spiro atoms. The van der Waals surface area contributed by atoms with Crippen molar-refractivity contribution in [3.63, 3.8) is 0 Å². The summed E-state index contributed by atoms with van der Waals surface area (Å²) in [5.41, 5.74) is 1.05. The average molecular weight is 434 g/mol. The summed E-state index contributed by atoms with van der Waals surface area (Å²) in [5, 5.41) is 18.9. The van der Waals surface area contributed by atoms with Gasteiger partial charge in [0.25, 0.3) is 5.69 Å². The number of benzene rings is 2. The molecule has 0 heterocycles. The first-order valence-corrected chi connectivity index (χ1v) is 10.9. The highest BCUT2D eigenvalue weighted by atomic mass is 32.2. The molecular formula is C19H22N4O6S. The molecule has 0 aliphatic heterocycles. The molecule has 2 aromatic rings. The number of nitro groups is 1. The van der Waals surface area contributed by atoms with Gasteiger partial charge in [-0.15, -0.1) is 5.11 Å². The van der Waals surface area contributed by atoms with Crippen molar-refractivity contribution in [1.82, 2.24) is 0 Å². The summed E-state index contributed by atoms with van der Waals surface area (Å²) in [4.78, 5) is 22.9. The first kappa shape index (κ1) is 22.9. The Kier molecular flexibility index (Phi) is 7.59. The van der Waals surface area contributed by atoms with E-state index in [9.17, 15) is 23.3 Å². The lowest BCUT2D eigenvalue weighted by Crippen LogP contribution is -2.27.